The van der Waals surface area contributed by atoms with E-state index < -0.39 is 0 Å². The van der Waals surface area contributed by atoms with Crippen LogP contribution in [0.15, 0.2) is 52.0 Å². The maximum atomic E-state index is 12.3. The first-order valence-corrected chi connectivity index (χ1v) is 6.15. The van der Waals surface area contributed by atoms with E-state index in [1.165, 1.54) is 24.5 Å². The number of phenols is 1. The number of nitrogens with zero attached hydrogens (tertiary/aromatic N) is 1. The number of nitrogens with one attached hydrogen (secondary N) is 1. The van der Waals surface area contributed by atoms with E-state index >= 15 is 0 Å². The maximum absolute atomic E-state index is 12.3. The number of fused-ring (bicyclic) bond motifs is 1. The van der Waals surface area contributed by atoms with Gasteiger partial charge in [0.05, 0.1) is 11.1 Å². The number of rotatable bonds is 2. The van der Waals surface area contributed by atoms with Crippen molar-refractivity contribution in [2.45, 2.75) is 0 Å². The van der Waals surface area contributed by atoms with Crippen LogP contribution in [-0.2, 0) is 0 Å². The largest absolute Gasteiger partial charge is 0.508 e. The van der Waals surface area contributed by atoms with E-state index in [1.807, 2.05) is 0 Å². The van der Waals surface area contributed by atoms with Gasteiger partial charge >= 0.3 is 0 Å². The van der Waals surface area contributed by atoms with Crippen molar-refractivity contribution in [2.24, 2.45) is 0 Å². The van der Waals surface area contributed by atoms with Crippen molar-refractivity contribution >= 4 is 33.9 Å². The molecule has 0 aliphatic carbocycles. The Morgan fingerprint density at radius 3 is 2.90 bits per heavy atom. The predicted octanol–water partition coefficient (Wildman–Crippen LogP) is 3.29. The molecule has 0 aliphatic heterocycles. The summed E-state index contributed by atoms with van der Waals surface area (Å²) in [5.41, 5.74) is 0.835. The van der Waals surface area contributed by atoms with E-state index in [0.29, 0.717) is 16.7 Å². The van der Waals surface area contributed by atoms with Crippen LogP contribution in [0.3, 0.4) is 0 Å². The van der Waals surface area contributed by atoms with E-state index in [1.54, 1.807) is 18.3 Å². The molecule has 6 heteroatoms. The van der Waals surface area contributed by atoms with Gasteiger partial charge in [0, 0.05) is 12.3 Å². The SMILES string of the molecule is O=c1c(Nc2cccnc2Cl)coc2cc(O)ccc12. The second kappa shape index (κ2) is 4.86. The van der Waals surface area contributed by atoms with Crippen LogP contribution in [0.2, 0.25) is 5.15 Å². The topological polar surface area (TPSA) is 75.4 Å². The highest BCUT2D eigenvalue weighted by atomic mass is 35.5. The molecule has 0 saturated heterocycles. The summed E-state index contributed by atoms with van der Waals surface area (Å²) in [7, 11) is 0. The van der Waals surface area contributed by atoms with Crippen LogP contribution < -0.4 is 10.7 Å². The molecule has 0 fully saturated rings. The standard InChI is InChI=1S/C14H9ClN2O3/c15-14-10(2-1-5-16-14)17-11-7-20-12-6-8(18)3-4-9(12)13(11)19/h1-7,17-18H. The fourth-order valence-corrected chi connectivity index (χ4v) is 1.99. The second-order valence-electron chi connectivity index (χ2n) is 4.13. The molecule has 2 aromatic heterocycles. The van der Waals surface area contributed by atoms with Crippen molar-refractivity contribution in [1.82, 2.24) is 4.98 Å². The van der Waals surface area contributed by atoms with Crippen molar-refractivity contribution in [2.75, 3.05) is 5.32 Å². The van der Waals surface area contributed by atoms with Gasteiger partial charge in [-0.1, -0.05) is 11.6 Å². The summed E-state index contributed by atoms with van der Waals surface area (Å²) in [4.78, 5) is 16.2. The smallest absolute Gasteiger partial charge is 0.216 e. The van der Waals surface area contributed by atoms with Crippen LogP contribution in [0.4, 0.5) is 11.4 Å². The zero-order valence-corrected chi connectivity index (χ0v) is 10.9. The monoisotopic (exact) mass is 288 g/mol. The highest BCUT2D eigenvalue weighted by molar-refractivity contribution is 6.32. The van der Waals surface area contributed by atoms with Crippen LogP contribution >= 0.6 is 11.6 Å². The van der Waals surface area contributed by atoms with E-state index in [0.717, 1.165) is 0 Å². The zero-order chi connectivity index (χ0) is 14.1. The number of phenolic OH excluding ortho intramolecular Hbond substituents is 1. The van der Waals surface area contributed by atoms with Crippen LogP contribution in [0.5, 0.6) is 5.75 Å². The fraction of sp³-hybridized carbons (Fsp3) is 0. The van der Waals surface area contributed by atoms with Crippen LogP contribution in [0.1, 0.15) is 0 Å². The molecule has 2 heterocycles. The lowest BCUT2D eigenvalue weighted by atomic mass is 10.2. The minimum absolute atomic E-state index is 0.0386. The molecule has 0 bridgehead atoms. The summed E-state index contributed by atoms with van der Waals surface area (Å²) < 4.78 is 5.33. The lowest BCUT2D eigenvalue weighted by Gasteiger charge is -2.07. The van der Waals surface area contributed by atoms with Gasteiger partial charge in [0.1, 0.15) is 23.3 Å². The first-order valence-electron chi connectivity index (χ1n) is 5.77. The second-order valence-corrected chi connectivity index (χ2v) is 4.48. The Morgan fingerprint density at radius 1 is 1.25 bits per heavy atom. The number of hydrogen-bond acceptors (Lipinski definition) is 5. The number of anilines is 2. The average Bonchev–Trinajstić information content (AvgIpc) is 2.44. The molecule has 0 spiro atoms. The highest BCUT2D eigenvalue weighted by Gasteiger charge is 2.09. The van der Waals surface area contributed by atoms with Gasteiger partial charge in [0.25, 0.3) is 0 Å². The molecule has 5 nitrogen and oxygen atoms in total. The van der Waals surface area contributed by atoms with Gasteiger partial charge < -0.3 is 14.8 Å². The first kappa shape index (κ1) is 12.5. The number of pyridine rings is 1. The molecule has 3 rings (SSSR count). The molecule has 0 atom stereocenters. The Morgan fingerprint density at radius 2 is 2.10 bits per heavy atom. The summed E-state index contributed by atoms with van der Waals surface area (Å²) in [5.74, 6) is 0.0386. The molecule has 100 valence electrons. The third kappa shape index (κ3) is 2.19. The first-order chi connectivity index (χ1) is 9.65. The number of aromatic nitrogens is 1. The molecule has 0 radical (unpaired) electrons. The van der Waals surface area contributed by atoms with Gasteiger partial charge in [-0.2, -0.15) is 0 Å². The molecule has 1 aromatic carbocycles. The van der Waals surface area contributed by atoms with Crippen molar-refractivity contribution in [3.05, 3.63) is 58.2 Å². The molecule has 0 unspecified atom stereocenters. The van der Waals surface area contributed by atoms with Crippen molar-refractivity contribution < 1.29 is 9.52 Å². The Balaban J connectivity index is 2.09. The number of benzene rings is 1. The van der Waals surface area contributed by atoms with Crippen LogP contribution in [0, 0.1) is 0 Å². The van der Waals surface area contributed by atoms with Crippen LogP contribution in [0.25, 0.3) is 11.0 Å². The average molecular weight is 289 g/mol. The zero-order valence-electron chi connectivity index (χ0n) is 10.1. The Labute approximate surface area is 118 Å². The quantitative estimate of drug-likeness (QED) is 0.708. The predicted molar refractivity (Wildman–Crippen MR) is 76.7 cm³/mol. The summed E-state index contributed by atoms with van der Waals surface area (Å²) in [6.45, 7) is 0. The van der Waals surface area contributed by atoms with Gasteiger partial charge in [0.15, 0.2) is 5.15 Å². The number of hydrogen-bond donors (Lipinski definition) is 2. The van der Waals surface area contributed by atoms with E-state index in [-0.39, 0.29) is 22.0 Å². The van der Waals surface area contributed by atoms with Gasteiger partial charge in [-0.15, -0.1) is 0 Å². The third-order valence-electron chi connectivity index (χ3n) is 2.79. The van der Waals surface area contributed by atoms with Gasteiger partial charge in [-0.05, 0) is 24.3 Å². The lowest BCUT2D eigenvalue weighted by molar-refractivity contribution is 0.474. The Kier molecular flexibility index (Phi) is 3.04. The van der Waals surface area contributed by atoms with Crippen molar-refractivity contribution in [1.29, 1.82) is 0 Å². The number of aromatic hydroxyl groups is 1. The molecule has 0 saturated carbocycles. The third-order valence-corrected chi connectivity index (χ3v) is 3.09. The minimum Gasteiger partial charge on any atom is -0.508 e. The molecular formula is C14H9ClN2O3. The number of halogens is 1. The van der Waals surface area contributed by atoms with E-state index in [9.17, 15) is 9.90 Å². The Bertz CT molecular complexity index is 845. The van der Waals surface area contributed by atoms with Crippen molar-refractivity contribution in [3.63, 3.8) is 0 Å². The van der Waals surface area contributed by atoms with Crippen molar-refractivity contribution in [3.8, 4) is 5.75 Å². The Hall–Kier alpha value is -2.53. The van der Waals surface area contributed by atoms with E-state index in [4.69, 9.17) is 16.0 Å². The summed E-state index contributed by atoms with van der Waals surface area (Å²) in [6, 6.07) is 7.73. The fourth-order valence-electron chi connectivity index (χ4n) is 1.83. The molecule has 0 aliphatic rings. The molecule has 0 amide bonds. The minimum atomic E-state index is -0.244. The summed E-state index contributed by atoms with van der Waals surface area (Å²) >= 11 is 5.93. The highest BCUT2D eigenvalue weighted by Crippen LogP contribution is 2.23. The molecule has 2 N–H and O–H groups in total. The maximum Gasteiger partial charge on any atom is 0.216 e. The van der Waals surface area contributed by atoms with Crippen LogP contribution in [-0.4, -0.2) is 10.1 Å². The summed E-state index contributed by atoms with van der Waals surface area (Å²) in [5, 5.41) is 12.9. The van der Waals surface area contributed by atoms with Gasteiger partial charge in [-0.25, -0.2) is 4.98 Å². The normalized spacial score (nSPS) is 10.7. The van der Waals surface area contributed by atoms with E-state index in [2.05, 4.69) is 10.3 Å². The summed E-state index contributed by atoms with van der Waals surface area (Å²) in [6.07, 6.45) is 2.84. The lowest BCUT2D eigenvalue weighted by Crippen LogP contribution is -2.08. The molecule has 3 aromatic rings. The van der Waals surface area contributed by atoms with Gasteiger partial charge in [0.2, 0.25) is 5.43 Å². The molecule has 20 heavy (non-hydrogen) atoms. The molecular weight excluding hydrogens is 280 g/mol. The van der Waals surface area contributed by atoms with Gasteiger partial charge in [-0.3, -0.25) is 4.79 Å².